The van der Waals surface area contributed by atoms with Gasteiger partial charge in [-0.2, -0.15) is 0 Å². The molecule has 31 heavy (non-hydrogen) atoms. The van der Waals surface area contributed by atoms with E-state index in [1.165, 1.54) is 27.4 Å². The molecule has 0 radical (unpaired) electrons. The number of methoxy groups -OCH3 is 3. The fourth-order valence-corrected chi connectivity index (χ4v) is 3.23. The maximum absolute atomic E-state index is 12.0. The monoisotopic (exact) mass is 464 g/mol. The summed E-state index contributed by atoms with van der Waals surface area (Å²) in [7, 11) is 3.85. The van der Waals surface area contributed by atoms with Crippen LogP contribution in [0.5, 0.6) is 11.5 Å². The first kappa shape index (κ1) is 24.3. The second-order valence-electron chi connectivity index (χ2n) is 6.27. The molecule has 0 heterocycles. The van der Waals surface area contributed by atoms with Crippen molar-refractivity contribution in [3.05, 3.63) is 75.3 Å². The summed E-state index contributed by atoms with van der Waals surface area (Å²) in [6, 6.07) is 8.54. The van der Waals surface area contributed by atoms with Crippen LogP contribution in [-0.2, 0) is 32.1 Å². The second kappa shape index (κ2) is 11.4. The first-order valence-electron chi connectivity index (χ1n) is 9.11. The highest BCUT2D eigenvalue weighted by molar-refractivity contribution is 6.35. The van der Waals surface area contributed by atoms with Gasteiger partial charge in [0.2, 0.25) is 0 Å². The Morgan fingerprint density at radius 1 is 1.00 bits per heavy atom. The van der Waals surface area contributed by atoms with Gasteiger partial charge in [-0.3, -0.25) is 0 Å². The van der Waals surface area contributed by atoms with Crippen molar-refractivity contribution in [1.29, 1.82) is 0 Å². The molecule has 0 unspecified atom stereocenters. The van der Waals surface area contributed by atoms with Crippen molar-refractivity contribution >= 4 is 41.2 Å². The minimum Gasteiger partial charge on any atom is -0.493 e. The maximum atomic E-state index is 12.0. The molecule has 0 spiro atoms. The predicted octanol–water partition coefficient (Wildman–Crippen LogP) is 5.04. The van der Waals surface area contributed by atoms with Crippen LogP contribution in [0.15, 0.2) is 48.6 Å². The van der Waals surface area contributed by atoms with Crippen molar-refractivity contribution in [2.75, 3.05) is 21.3 Å². The standard InChI is InChI=1S/C23H22Cl2O6/c1-5-6-15-9-14(10-18(22(26)29-3)23(27)30-4)11-20(28-2)21(15)31-13-16-7-8-17(24)12-19(16)25/h5,7-12H,1,6,13H2,2-4H3. The Balaban J connectivity index is 2.48. The van der Waals surface area contributed by atoms with Gasteiger partial charge >= 0.3 is 11.9 Å². The van der Waals surface area contributed by atoms with Crippen LogP contribution in [0.1, 0.15) is 16.7 Å². The van der Waals surface area contributed by atoms with Gasteiger partial charge in [-0.25, -0.2) is 9.59 Å². The van der Waals surface area contributed by atoms with E-state index < -0.39 is 11.9 Å². The van der Waals surface area contributed by atoms with Crippen LogP contribution in [0.4, 0.5) is 0 Å². The van der Waals surface area contributed by atoms with E-state index >= 15 is 0 Å². The van der Waals surface area contributed by atoms with Crippen molar-refractivity contribution in [3.63, 3.8) is 0 Å². The van der Waals surface area contributed by atoms with E-state index in [4.69, 9.17) is 32.7 Å². The Hall–Kier alpha value is -2.96. The zero-order valence-electron chi connectivity index (χ0n) is 17.4. The van der Waals surface area contributed by atoms with Crippen LogP contribution in [0.25, 0.3) is 6.08 Å². The third-order valence-electron chi connectivity index (χ3n) is 4.25. The molecule has 8 heteroatoms. The summed E-state index contributed by atoms with van der Waals surface area (Å²) < 4.78 is 20.8. The van der Waals surface area contributed by atoms with E-state index in [-0.39, 0.29) is 12.2 Å². The topological polar surface area (TPSA) is 71.1 Å². The molecule has 0 amide bonds. The fourth-order valence-electron chi connectivity index (χ4n) is 2.77. The summed E-state index contributed by atoms with van der Waals surface area (Å²) in [4.78, 5) is 24.0. The summed E-state index contributed by atoms with van der Waals surface area (Å²) in [5.74, 6) is -0.726. The minimum absolute atomic E-state index is 0.182. The third-order valence-corrected chi connectivity index (χ3v) is 4.83. The van der Waals surface area contributed by atoms with Crippen molar-refractivity contribution in [2.45, 2.75) is 13.0 Å². The summed E-state index contributed by atoms with van der Waals surface area (Å²) in [6.07, 6.45) is 3.52. The molecule has 0 aromatic heterocycles. The quantitative estimate of drug-likeness (QED) is 0.170. The van der Waals surface area contributed by atoms with Gasteiger partial charge in [0.25, 0.3) is 0 Å². The summed E-state index contributed by atoms with van der Waals surface area (Å²) >= 11 is 12.2. The van der Waals surface area contributed by atoms with Gasteiger partial charge in [0.05, 0.1) is 21.3 Å². The number of allylic oxidation sites excluding steroid dienone is 1. The van der Waals surface area contributed by atoms with E-state index in [1.54, 1.807) is 36.4 Å². The van der Waals surface area contributed by atoms with Crippen LogP contribution in [0.2, 0.25) is 10.0 Å². The normalized spacial score (nSPS) is 10.1. The Morgan fingerprint density at radius 3 is 2.23 bits per heavy atom. The molecule has 2 rings (SSSR count). The minimum atomic E-state index is -0.811. The van der Waals surface area contributed by atoms with Crippen LogP contribution in [0, 0.1) is 0 Å². The second-order valence-corrected chi connectivity index (χ2v) is 7.11. The molecule has 0 saturated carbocycles. The number of esters is 2. The van der Waals surface area contributed by atoms with E-state index in [0.717, 1.165) is 11.1 Å². The molecule has 2 aromatic carbocycles. The predicted molar refractivity (Wildman–Crippen MR) is 120 cm³/mol. The number of hydrogen-bond donors (Lipinski definition) is 0. The Labute approximate surface area is 191 Å². The summed E-state index contributed by atoms with van der Waals surface area (Å²) in [6.45, 7) is 3.95. The van der Waals surface area contributed by atoms with Gasteiger partial charge in [0.1, 0.15) is 12.2 Å². The highest BCUT2D eigenvalue weighted by Crippen LogP contribution is 2.35. The molecular formula is C23H22Cl2O6. The lowest BCUT2D eigenvalue weighted by atomic mass is 10.0. The Kier molecular flexibility index (Phi) is 8.97. The summed E-state index contributed by atoms with van der Waals surface area (Å²) in [5, 5.41) is 1.01. The van der Waals surface area contributed by atoms with Crippen LogP contribution in [-0.4, -0.2) is 33.3 Å². The fraction of sp³-hybridized carbons (Fsp3) is 0.217. The zero-order valence-corrected chi connectivity index (χ0v) is 18.9. The molecule has 0 N–H and O–H groups in total. The molecule has 0 aliphatic carbocycles. The van der Waals surface area contributed by atoms with E-state index in [0.29, 0.717) is 33.5 Å². The average Bonchev–Trinajstić information content (AvgIpc) is 2.76. The maximum Gasteiger partial charge on any atom is 0.345 e. The van der Waals surface area contributed by atoms with Crippen molar-refractivity contribution < 1.29 is 28.5 Å². The molecular weight excluding hydrogens is 443 g/mol. The lowest BCUT2D eigenvalue weighted by molar-refractivity contribution is -0.143. The van der Waals surface area contributed by atoms with Crippen molar-refractivity contribution in [3.8, 4) is 11.5 Å². The smallest absolute Gasteiger partial charge is 0.345 e. The van der Waals surface area contributed by atoms with E-state index in [2.05, 4.69) is 16.1 Å². The molecule has 164 valence electrons. The highest BCUT2D eigenvalue weighted by Gasteiger charge is 2.21. The van der Waals surface area contributed by atoms with Crippen LogP contribution >= 0.6 is 23.2 Å². The zero-order chi connectivity index (χ0) is 23.0. The molecule has 2 aromatic rings. The van der Waals surface area contributed by atoms with Gasteiger partial charge in [-0.15, -0.1) is 6.58 Å². The molecule has 0 bridgehead atoms. The molecule has 6 nitrogen and oxygen atoms in total. The Morgan fingerprint density at radius 2 is 1.68 bits per heavy atom. The third kappa shape index (κ3) is 6.26. The van der Waals surface area contributed by atoms with Crippen molar-refractivity contribution in [1.82, 2.24) is 0 Å². The van der Waals surface area contributed by atoms with E-state index in [9.17, 15) is 9.59 Å². The van der Waals surface area contributed by atoms with Crippen molar-refractivity contribution in [2.24, 2.45) is 0 Å². The van der Waals surface area contributed by atoms with Gasteiger partial charge in [0.15, 0.2) is 11.5 Å². The number of ether oxygens (including phenoxy) is 4. The highest BCUT2D eigenvalue weighted by atomic mass is 35.5. The lowest BCUT2D eigenvalue weighted by Gasteiger charge is -2.16. The molecule has 0 fully saturated rings. The van der Waals surface area contributed by atoms with Gasteiger partial charge < -0.3 is 18.9 Å². The molecule has 0 atom stereocenters. The first-order chi connectivity index (χ1) is 14.8. The largest absolute Gasteiger partial charge is 0.493 e. The molecule has 0 aliphatic heterocycles. The number of halogens is 2. The number of carbonyl (C=O) groups excluding carboxylic acids is 2. The van der Waals surface area contributed by atoms with Gasteiger partial charge in [-0.05, 0) is 42.3 Å². The van der Waals surface area contributed by atoms with Gasteiger partial charge in [-0.1, -0.05) is 35.3 Å². The number of rotatable bonds is 9. The SMILES string of the molecule is C=CCc1cc(C=C(C(=O)OC)C(=O)OC)cc(OC)c1OCc1ccc(Cl)cc1Cl. The van der Waals surface area contributed by atoms with Crippen LogP contribution < -0.4 is 9.47 Å². The Bertz CT molecular complexity index is 995. The number of hydrogen-bond acceptors (Lipinski definition) is 6. The van der Waals surface area contributed by atoms with E-state index in [1.807, 2.05) is 0 Å². The molecule has 0 saturated heterocycles. The lowest BCUT2D eigenvalue weighted by Crippen LogP contribution is -2.15. The first-order valence-corrected chi connectivity index (χ1v) is 9.87. The number of benzene rings is 2. The summed E-state index contributed by atoms with van der Waals surface area (Å²) in [5.41, 5.74) is 1.76. The van der Waals surface area contributed by atoms with Gasteiger partial charge in [0, 0.05) is 21.2 Å². The van der Waals surface area contributed by atoms with Crippen LogP contribution in [0.3, 0.4) is 0 Å². The average molecular weight is 465 g/mol. The molecule has 0 aliphatic rings. The number of carbonyl (C=O) groups is 2.